The largest absolute Gasteiger partial charge is 0.446 e. The summed E-state index contributed by atoms with van der Waals surface area (Å²) in [6.45, 7) is 2.42. The van der Waals surface area contributed by atoms with Gasteiger partial charge >= 0.3 is 6.09 Å². The Morgan fingerprint density at radius 1 is 1.19 bits per heavy atom. The molecule has 0 spiro atoms. The van der Waals surface area contributed by atoms with E-state index in [4.69, 9.17) is 4.74 Å². The summed E-state index contributed by atoms with van der Waals surface area (Å²) in [7, 11) is 0. The van der Waals surface area contributed by atoms with Crippen LogP contribution in [0, 0.1) is 11.7 Å². The lowest BCUT2D eigenvalue weighted by Crippen LogP contribution is -2.45. The zero-order valence-electron chi connectivity index (χ0n) is 15.5. The van der Waals surface area contributed by atoms with Crippen LogP contribution in [0.15, 0.2) is 24.3 Å². The van der Waals surface area contributed by atoms with Crippen LogP contribution < -0.4 is 21.5 Å². The number of ether oxygens (including phenoxy) is 1. The first-order valence-corrected chi connectivity index (χ1v) is 9.53. The van der Waals surface area contributed by atoms with E-state index in [0.29, 0.717) is 12.5 Å². The number of hydrazine groups is 1. The Kier molecular flexibility index (Phi) is 6.63. The quantitative estimate of drug-likeness (QED) is 0.604. The number of hydrogen-bond acceptors (Lipinski definition) is 5. The minimum Gasteiger partial charge on any atom is -0.446 e. The second kappa shape index (κ2) is 9.14. The Balaban J connectivity index is 1.40. The van der Waals surface area contributed by atoms with Crippen molar-refractivity contribution in [2.24, 2.45) is 5.92 Å². The second-order valence-corrected chi connectivity index (χ2v) is 7.18. The van der Waals surface area contributed by atoms with Crippen LogP contribution in [-0.4, -0.2) is 36.9 Å². The molecule has 3 rings (SSSR count). The molecule has 1 aliphatic carbocycles. The predicted octanol–water partition coefficient (Wildman–Crippen LogP) is 1.59. The minimum absolute atomic E-state index is 0.0459. The molecule has 2 unspecified atom stereocenters. The fourth-order valence-corrected chi connectivity index (χ4v) is 3.80. The first kappa shape index (κ1) is 19.6. The predicted molar refractivity (Wildman–Crippen MR) is 98.0 cm³/mol. The number of benzene rings is 1. The van der Waals surface area contributed by atoms with Gasteiger partial charge in [0.25, 0.3) is 0 Å². The number of halogens is 1. The van der Waals surface area contributed by atoms with Gasteiger partial charge in [-0.3, -0.25) is 10.2 Å². The third kappa shape index (κ3) is 5.64. The fraction of sp³-hybridized carbons (Fsp3) is 0.579. The Morgan fingerprint density at radius 3 is 2.70 bits per heavy atom. The van der Waals surface area contributed by atoms with Crippen molar-refractivity contribution in [3.63, 3.8) is 0 Å². The van der Waals surface area contributed by atoms with E-state index in [-0.39, 0.29) is 42.6 Å². The number of amides is 2. The average molecular weight is 378 g/mol. The number of carbonyl (C=O) groups is 2. The highest BCUT2D eigenvalue weighted by Crippen LogP contribution is 2.32. The van der Waals surface area contributed by atoms with Gasteiger partial charge in [-0.2, -0.15) is 0 Å². The van der Waals surface area contributed by atoms with E-state index in [0.717, 1.165) is 31.2 Å². The van der Waals surface area contributed by atoms with E-state index in [9.17, 15) is 14.0 Å². The molecule has 0 radical (unpaired) electrons. The van der Waals surface area contributed by atoms with Crippen molar-refractivity contribution in [1.82, 2.24) is 21.5 Å². The topological polar surface area (TPSA) is 91.5 Å². The number of rotatable bonds is 6. The zero-order valence-corrected chi connectivity index (χ0v) is 15.5. The molecular formula is C19H27FN4O3. The van der Waals surface area contributed by atoms with Gasteiger partial charge in [-0.25, -0.2) is 14.6 Å². The minimum atomic E-state index is -0.355. The molecule has 2 amide bonds. The van der Waals surface area contributed by atoms with Gasteiger partial charge in [0, 0.05) is 12.6 Å². The Morgan fingerprint density at radius 2 is 1.96 bits per heavy atom. The smallest absolute Gasteiger partial charge is 0.407 e. The van der Waals surface area contributed by atoms with Gasteiger partial charge in [0.2, 0.25) is 5.91 Å². The van der Waals surface area contributed by atoms with E-state index < -0.39 is 0 Å². The maximum atomic E-state index is 12.9. The van der Waals surface area contributed by atoms with Crippen LogP contribution in [0.25, 0.3) is 0 Å². The van der Waals surface area contributed by atoms with Crippen molar-refractivity contribution in [2.45, 2.75) is 57.3 Å². The van der Waals surface area contributed by atoms with Crippen molar-refractivity contribution in [2.75, 3.05) is 6.54 Å². The molecule has 0 aromatic heterocycles. The summed E-state index contributed by atoms with van der Waals surface area (Å²) < 4.78 is 18.3. The van der Waals surface area contributed by atoms with Gasteiger partial charge in [0.15, 0.2) is 0 Å². The lowest BCUT2D eigenvalue weighted by molar-refractivity contribution is -0.121. The zero-order chi connectivity index (χ0) is 19.2. The van der Waals surface area contributed by atoms with Crippen LogP contribution in [0.4, 0.5) is 9.18 Å². The van der Waals surface area contributed by atoms with E-state index in [1.165, 1.54) is 12.1 Å². The number of alkyl carbamates (subject to hydrolysis) is 1. The molecule has 2 aliphatic rings. The second-order valence-electron chi connectivity index (χ2n) is 7.18. The number of hydrogen-bond donors (Lipinski definition) is 4. The first-order chi connectivity index (χ1) is 13.0. The standard InChI is InChI=1S/C19H27FN4O3/c1-2-21-19(26)27-15-8-5-13(10-15)16-11-17(24-23-16)22-18(25)9-12-3-6-14(20)7-4-12/h3-4,6-7,13,15-17,23-24H,2,5,8-11H2,1H3,(H,21,26)(H,22,25)/t13-,15+,16?,17?/m0/s1. The number of nitrogens with one attached hydrogen (secondary N) is 4. The molecule has 27 heavy (non-hydrogen) atoms. The van der Waals surface area contributed by atoms with Crippen LogP contribution in [0.3, 0.4) is 0 Å². The average Bonchev–Trinajstić information content (AvgIpc) is 3.26. The van der Waals surface area contributed by atoms with Gasteiger partial charge in [-0.1, -0.05) is 12.1 Å². The highest BCUT2D eigenvalue weighted by atomic mass is 19.1. The molecule has 7 nitrogen and oxygen atoms in total. The first-order valence-electron chi connectivity index (χ1n) is 9.53. The van der Waals surface area contributed by atoms with E-state index in [2.05, 4.69) is 21.5 Å². The summed E-state index contributed by atoms with van der Waals surface area (Å²) >= 11 is 0. The lowest BCUT2D eigenvalue weighted by Gasteiger charge is -2.18. The molecule has 4 atom stereocenters. The maximum absolute atomic E-state index is 12.9. The van der Waals surface area contributed by atoms with Gasteiger partial charge in [-0.15, -0.1) is 0 Å². The lowest BCUT2D eigenvalue weighted by atomic mass is 9.96. The molecule has 4 N–H and O–H groups in total. The van der Waals surface area contributed by atoms with Gasteiger partial charge < -0.3 is 15.4 Å². The van der Waals surface area contributed by atoms with Gasteiger partial charge in [0.05, 0.1) is 12.6 Å². The molecule has 1 heterocycles. The van der Waals surface area contributed by atoms with E-state index in [1.807, 2.05) is 6.92 Å². The molecule has 1 aromatic rings. The Hall–Kier alpha value is -2.19. The van der Waals surface area contributed by atoms with Crippen molar-refractivity contribution < 1.29 is 18.7 Å². The summed E-state index contributed by atoms with van der Waals surface area (Å²) in [5.41, 5.74) is 7.15. The summed E-state index contributed by atoms with van der Waals surface area (Å²) in [6, 6.07) is 6.17. The monoisotopic (exact) mass is 378 g/mol. The van der Waals surface area contributed by atoms with Gasteiger partial charge in [-0.05, 0) is 56.2 Å². The molecular weight excluding hydrogens is 351 g/mol. The van der Waals surface area contributed by atoms with Crippen molar-refractivity contribution in [3.05, 3.63) is 35.6 Å². The van der Waals surface area contributed by atoms with Crippen LogP contribution in [0.1, 0.15) is 38.2 Å². The maximum Gasteiger partial charge on any atom is 0.407 e. The highest BCUT2D eigenvalue weighted by molar-refractivity contribution is 5.78. The summed E-state index contributed by atoms with van der Waals surface area (Å²) in [5.74, 6) is -0.0176. The van der Waals surface area contributed by atoms with Crippen molar-refractivity contribution in [1.29, 1.82) is 0 Å². The molecule has 1 saturated heterocycles. The fourth-order valence-electron chi connectivity index (χ4n) is 3.80. The third-order valence-corrected chi connectivity index (χ3v) is 5.13. The Labute approximate surface area is 158 Å². The molecule has 1 saturated carbocycles. The van der Waals surface area contributed by atoms with Crippen molar-refractivity contribution >= 4 is 12.0 Å². The molecule has 1 aliphatic heterocycles. The SMILES string of the molecule is CCNC(=O)O[C@@H]1CC[C@H](C2CC(NC(=O)Cc3ccc(F)cc3)NN2)C1. The third-order valence-electron chi connectivity index (χ3n) is 5.13. The molecule has 1 aromatic carbocycles. The normalized spacial score (nSPS) is 27.3. The number of carbonyl (C=O) groups excluding carboxylic acids is 2. The van der Waals surface area contributed by atoms with E-state index in [1.54, 1.807) is 12.1 Å². The molecule has 148 valence electrons. The van der Waals surface area contributed by atoms with Crippen LogP contribution in [-0.2, 0) is 16.0 Å². The summed E-state index contributed by atoms with van der Waals surface area (Å²) in [4.78, 5) is 23.7. The summed E-state index contributed by atoms with van der Waals surface area (Å²) in [6.07, 6.45) is 3.12. The summed E-state index contributed by atoms with van der Waals surface area (Å²) in [5, 5.41) is 5.60. The Bertz CT molecular complexity index is 655. The molecule has 2 fully saturated rings. The highest BCUT2D eigenvalue weighted by Gasteiger charge is 2.37. The molecule has 8 heteroatoms. The van der Waals surface area contributed by atoms with E-state index >= 15 is 0 Å². The van der Waals surface area contributed by atoms with Crippen molar-refractivity contribution in [3.8, 4) is 0 Å². The van der Waals surface area contributed by atoms with Crippen LogP contribution >= 0.6 is 0 Å². The van der Waals surface area contributed by atoms with Crippen LogP contribution in [0.2, 0.25) is 0 Å². The van der Waals surface area contributed by atoms with Crippen LogP contribution in [0.5, 0.6) is 0 Å². The van der Waals surface area contributed by atoms with Gasteiger partial charge in [0.1, 0.15) is 11.9 Å². The molecule has 0 bridgehead atoms.